The minimum atomic E-state index is -4.62. The summed E-state index contributed by atoms with van der Waals surface area (Å²) in [6.07, 6.45) is 0.750. The van der Waals surface area contributed by atoms with Gasteiger partial charge in [-0.1, -0.05) is 52.5 Å². The van der Waals surface area contributed by atoms with Crippen LogP contribution in [0.1, 0.15) is 11.3 Å². The summed E-state index contributed by atoms with van der Waals surface area (Å²) >= 11 is 16.6. The number of sulfonamides is 1. The number of alkyl halides is 3. The molecule has 0 aliphatic rings. The van der Waals surface area contributed by atoms with Crippen LogP contribution >= 0.6 is 34.8 Å². The smallest absolute Gasteiger partial charge is 0.424 e. The standard InChI is InChI=1S/C16H16Cl3N3O6S/c1-10-2-4-12(5-3-10)29(26,27)22(15(25)28-8-16(17,18)19)13(14(23)24)6-11-7-20-9-21-11/h2-5,7,9,13H,6,8H2,1H3,(H,20,21)(H,23,24)/t13-/m0/s1. The van der Waals surface area contributed by atoms with Crippen molar-refractivity contribution in [3.8, 4) is 0 Å². The summed E-state index contributed by atoms with van der Waals surface area (Å²) in [5.74, 6) is -1.59. The molecule has 2 rings (SSSR count). The predicted octanol–water partition coefficient (Wildman–Crippen LogP) is 2.91. The molecule has 1 aromatic heterocycles. The first-order valence-electron chi connectivity index (χ1n) is 7.97. The van der Waals surface area contributed by atoms with Crippen LogP contribution < -0.4 is 0 Å². The highest BCUT2D eigenvalue weighted by Crippen LogP contribution is 2.28. The first-order valence-corrected chi connectivity index (χ1v) is 10.5. The van der Waals surface area contributed by atoms with E-state index in [-0.39, 0.29) is 14.9 Å². The zero-order valence-electron chi connectivity index (χ0n) is 14.9. The van der Waals surface area contributed by atoms with E-state index in [2.05, 4.69) is 9.97 Å². The van der Waals surface area contributed by atoms with E-state index in [0.29, 0.717) is 0 Å². The Labute approximate surface area is 181 Å². The van der Waals surface area contributed by atoms with Gasteiger partial charge in [0.15, 0.2) is 6.04 Å². The number of aromatic amines is 1. The summed E-state index contributed by atoms with van der Waals surface area (Å²) in [6.45, 7) is 0.951. The number of hydrogen-bond donors (Lipinski definition) is 2. The van der Waals surface area contributed by atoms with E-state index in [1.807, 2.05) is 0 Å². The van der Waals surface area contributed by atoms with Gasteiger partial charge >= 0.3 is 12.1 Å². The number of benzene rings is 1. The number of aromatic nitrogens is 2. The molecule has 0 unspecified atom stereocenters. The highest BCUT2D eigenvalue weighted by atomic mass is 35.6. The minimum absolute atomic E-state index is 0.116. The molecule has 2 N–H and O–H groups in total. The van der Waals surface area contributed by atoms with Gasteiger partial charge in [0.25, 0.3) is 10.0 Å². The van der Waals surface area contributed by atoms with Crippen molar-refractivity contribution in [1.82, 2.24) is 14.3 Å². The van der Waals surface area contributed by atoms with Crippen molar-refractivity contribution < 1.29 is 27.9 Å². The molecule has 13 heteroatoms. The summed E-state index contributed by atoms with van der Waals surface area (Å²) in [5, 5.41) is 9.64. The summed E-state index contributed by atoms with van der Waals surface area (Å²) in [7, 11) is -4.62. The fraction of sp³-hybridized carbons (Fsp3) is 0.312. The Bertz CT molecular complexity index is 959. The second-order valence-electron chi connectivity index (χ2n) is 5.90. The topological polar surface area (TPSA) is 130 Å². The van der Waals surface area contributed by atoms with Crippen molar-refractivity contribution in [1.29, 1.82) is 0 Å². The number of nitrogens with one attached hydrogen (secondary N) is 1. The zero-order chi connectivity index (χ0) is 21.8. The molecule has 2 aromatic rings. The summed E-state index contributed by atoms with van der Waals surface area (Å²) in [5.41, 5.74) is 0.983. The number of aryl methyl sites for hydroxylation is 1. The maximum absolute atomic E-state index is 13.1. The molecule has 0 fully saturated rings. The SMILES string of the molecule is Cc1ccc(S(=O)(=O)N(C(=O)OCC(Cl)(Cl)Cl)[C@@H](Cc2c[nH]cn2)C(=O)O)cc1. The number of amides is 1. The number of aliphatic carboxylic acids is 1. The number of imidazole rings is 1. The molecule has 1 atom stereocenters. The van der Waals surface area contributed by atoms with E-state index in [9.17, 15) is 23.1 Å². The van der Waals surface area contributed by atoms with Crippen molar-refractivity contribution in [2.45, 2.75) is 28.1 Å². The van der Waals surface area contributed by atoms with Gasteiger partial charge in [-0.25, -0.2) is 23.0 Å². The molecule has 0 aliphatic carbocycles. The molecule has 1 aromatic carbocycles. The van der Waals surface area contributed by atoms with E-state index in [0.717, 1.165) is 5.56 Å². The van der Waals surface area contributed by atoms with E-state index in [1.54, 1.807) is 6.92 Å². The number of ether oxygens (including phenoxy) is 1. The molecular formula is C16H16Cl3N3O6S. The highest BCUT2D eigenvalue weighted by molar-refractivity contribution is 7.89. The van der Waals surface area contributed by atoms with Gasteiger partial charge in [0.2, 0.25) is 3.79 Å². The van der Waals surface area contributed by atoms with Crippen molar-refractivity contribution >= 4 is 56.9 Å². The Morgan fingerprint density at radius 2 is 1.90 bits per heavy atom. The van der Waals surface area contributed by atoms with Gasteiger partial charge in [-0.05, 0) is 19.1 Å². The highest BCUT2D eigenvalue weighted by Gasteiger charge is 2.42. The largest absolute Gasteiger partial charge is 0.480 e. The number of carbonyl (C=O) groups is 2. The van der Waals surface area contributed by atoms with Crippen molar-refractivity contribution in [2.24, 2.45) is 0 Å². The second kappa shape index (κ2) is 9.21. The molecule has 0 bridgehead atoms. The van der Waals surface area contributed by atoms with Crippen LogP contribution in [0.5, 0.6) is 0 Å². The number of hydrogen-bond acceptors (Lipinski definition) is 6. The lowest BCUT2D eigenvalue weighted by Gasteiger charge is -2.28. The zero-order valence-corrected chi connectivity index (χ0v) is 18.0. The third kappa shape index (κ3) is 6.23. The lowest BCUT2D eigenvalue weighted by molar-refractivity contribution is -0.141. The average Bonchev–Trinajstić information content (AvgIpc) is 3.12. The number of carboxylic acid groups (broad SMARTS) is 1. The van der Waals surface area contributed by atoms with Gasteiger partial charge < -0.3 is 14.8 Å². The molecule has 158 valence electrons. The number of nitrogens with zero attached hydrogens (tertiary/aromatic N) is 2. The molecule has 9 nitrogen and oxygen atoms in total. The van der Waals surface area contributed by atoms with Gasteiger partial charge in [-0.2, -0.15) is 4.31 Å². The summed E-state index contributed by atoms with van der Waals surface area (Å²) < 4.78 is 29.1. The molecule has 1 heterocycles. The molecule has 1 amide bonds. The van der Waals surface area contributed by atoms with Crippen molar-refractivity contribution in [3.63, 3.8) is 0 Å². The van der Waals surface area contributed by atoms with Crippen LogP contribution in [0.3, 0.4) is 0 Å². The minimum Gasteiger partial charge on any atom is -0.480 e. The van der Waals surface area contributed by atoms with Crippen LogP contribution in [0, 0.1) is 6.92 Å². The van der Waals surface area contributed by atoms with Crippen LogP contribution in [0.2, 0.25) is 0 Å². The Hall–Kier alpha value is -2.01. The molecule has 29 heavy (non-hydrogen) atoms. The second-order valence-corrected chi connectivity index (χ2v) is 10.2. The molecular weight excluding hydrogens is 469 g/mol. The van der Waals surface area contributed by atoms with Gasteiger partial charge in [-0.15, -0.1) is 0 Å². The fourth-order valence-electron chi connectivity index (χ4n) is 2.30. The van der Waals surface area contributed by atoms with Crippen LogP contribution in [0.15, 0.2) is 41.7 Å². The average molecular weight is 485 g/mol. The Morgan fingerprint density at radius 1 is 1.28 bits per heavy atom. The van der Waals surface area contributed by atoms with E-state index in [1.165, 1.54) is 36.8 Å². The van der Waals surface area contributed by atoms with Crippen LogP contribution in [0.25, 0.3) is 0 Å². The molecule has 0 radical (unpaired) electrons. The summed E-state index contributed by atoms with van der Waals surface area (Å²) in [6, 6.07) is 3.63. The molecule has 0 spiro atoms. The molecule has 0 saturated carbocycles. The van der Waals surface area contributed by atoms with Crippen molar-refractivity contribution in [2.75, 3.05) is 6.61 Å². The maximum atomic E-state index is 13.1. The number of halogens is 3. The third-order valence-corrected chi connectivity index (χ3v) is 5.76. The molecule has 0 saturated heterocycles. The lowest BCUT2D eigenvalue weighted by atomic mass is 10.2. The first-order chi connectivity index (χ1) is 13.4. The first kappa shape index (κ1) is 23.3. The normalized spacial score (nSPS) is 13.0. The van der Waals surface area contributed by atoms with E-state index in [4.69, 9.17) is 39.5 Å². The van der Waals surface area contributed by atoms with Crippen LogP contribution in [0.4, 0.5) is 4.79 Å². The van der Waals surface area contributed by atoms with Crippen molar-refractivity contribution in [3.05, 3.63) is 48.0 Å². The number of carboxylic acids is 1. The number of carbonyl (C=O) groups excluding carboxylic acids is 1. The lowest BCUT2D eigenvalue weighted by Crippen LogP contribution is -2.50. The quantitative estimate of drug-likeness (QED) is 0.578. The Morgan fingerprint density at radius 3 is 2.38 bits per heavy atom. The predicted molar refractivity (Wildman–Crippen MR) is 106 cm³/mol. The third-order valence-electron chi connectivity index (χ3n) is 3.64. The monoisotopic (exact) mass is 483 g/mol. The summed E-state index contributed by atoms with van der Waals surface area (Å²) in [4.78, 5) is 30.7. The Balaban J connectivity index is 2.49. The van der Waals surface area contributed by atoms with Crippen LogP contribution in [-0.4, -0.2) is 56.3 Å². The van der Waals surface area contributed by atoms with E-state index >= 15 is 0 Å². The van der Waals surface area contributed by atoms with Crippen LogP contribution in [-0.2, 0) is 26.0 Å². The van der Waals surface area contributed by atoms with Gasteiger partial charge in [0, 0.05) is 12.6 Å². The number of H-pyrrole nitrogens is 1. The fourth-order valence-corrected chi connectivity index (χ4v) is 3.91. The van der Waals surface area contributed by atoms with E-state index < -0.39 is 44.9 Å². The Kier molecular flexibility index (Phi) is 7.39. The molecule has 0 aliphatic heterocycles. The van der Waals surface area contributed by atoms with Gasteiger partial charge in [0.05, 0.1) is 16.9 Å². The number of rotatable bonds is 7. The van der Waals surface area contributed by atoms with Gasteiger partial charge in [-0.3, -0.25) is 0 Å². The maximum Gasteiger partial charge on any atom is 0.424 e. The van der Waals surface area contributed by atoms with Gasteiger partial charge in [0.1, 0.15) is 6.61 Å².